The number of aryl methyl sites for hydroxylation is 1. The lowest BCUT2D eigenvalue weighted by Crippen LogP contribution is -2.39. The van der Waals surface area contributed by atoms with Crippen LogP contribution in [-0.2, 0) is 20.6 Å². The fourth-order valence-corrected chi connectivity index (χ4v) is 7.12. The molecule has 1 unspecified atom stereocenters. The minimum absolute atomic E-state index is 0.138. The van der Waals surface area contributed by atoms with Crippen LogP contribution < -0.4 is 4.90 Å². The van der Waals surface area contributed by atoms with E-state index in [1.54, 1.807) is 18.9 Å². The number of nitrogens with zero attached hydrogens (tertiary/aromatic N) is 3. The summed E-state index contributed by atoms with van der Waals surface area (Å²) in [6.45, 7) is 9.08. The summed E-state index contributed by atoms with van der Waals surface area (Å²) >= 11 is 0. The largest absolute Gasteiger partial charge is 0.372 e. The number of hydrogen-bond donors (Lipinski definition) is 0. The number of ether oxygens (including phenoxy) is 3. The molecule has 0 amide bonds. The van der Waals surface area contributed by atoms with Crippen LogP contribution in [0.5, 0.6) is 0 Å². The van der Waals surface area contributed by atoms with Crippen LogP contribution in [0.4, 0.5) is 10.1 Å². The van der Waals surface area contributed by atoms with Crippen molar-refractivity contribution < 1.29 is 18.6 Å². The van der Waals surface area contributed by atoms with Crippen molar-refractivity contribution in [1.82, 2.24) is 9.78 Å². The molecule has 1 aromatic heterocycles. The van der Waals surface area contributed by atoms with Gasteiger partial charge in [0.2, 0.25) is 5.95 Å². The lowest BCUT2D eigenvalue weighted by atomic mass is 9.87. The number of rotatable bonds is 7. The van der Waals surface area contributed by atoms with Gasteiger partial charge < -0.3 is 19.1 Å². The number of halogens is 1. The summed E-state index contributed by atoms with van der Waals surface area (Å²) in [6, 6.07) is 13.1. The molecule has 0 radical (unpaired) electrons. The van der Waals surface area contributed by atoms with Crippen LogP contribution in [0, 0.1) is 11.9 Å². The fourth-order valence-electron chi connectivity index (χ4n) is 7.12. The van der Waals surface area contributed by atoms with E-state index in [1.165, 1.54) is 16.8 Å². The third-order valence-electron chi connectivity index (χ3n) is 9.22. The molecule has 6 rings (SSSR count). The highest BCUT2D eigenvalue weighted by Gasteiger charge is 2.29. The van der Waals surface area contributed by atoms with Gasteiger partial charge in [0, 0.05) is 45.5 Å². The second-order valence-corrected chi connectivity index (χ2v) is 11.7. The van der Waals surface area contributed by atoms with E-state index in [9.17, 15) is 0 Å². The van der Waals surface area contributed by atoms with Gasteiger partial charge in [0.25, 0.3) is 0 Å². The highest BCUT2D eigenvalue weighted by Crippen LogP contribution is 2.42. The van der Waals surface area contributed by atoms with E-state index >= 15 is 4.39 Å². The maximum atomic E-state index is 15.6. The van der Waals surface area contributed by atoms with Crippen molar-refractivity contribution in [1.29, 1.82) is 0 Å². The molecular formula is C34H42FN3O3. The average molecular weight is 560 g/mol. The predicted molar refractivity (Wildman–Crippen MR) is 161 cm³/mol. The lowest BCUT2D eigenvalue weighted by molar-refractivity contribution is -0.141. The SMILES string of the molecule is C=C(C)C1=C(c2ccc(N3CCC(C(OC)OC)CC3)cc2)c2ccc3c(c(F)nn3C3CCCCO3)c2CCC1. The van der Waals surface area contributed by atoms with Crippen LogP contribution in [0.3, 0.4) is 0 Å². The number of aromatic nitrogens is 2. The first-order chi connectivity index (χ1) is 20.0. The molecule has 0 spiro atoms. The van der Waals surface area contributed by atoms with Crippen LogP contribution in [0.25, 0.3) is 16.5 Å². The molecule has 2 fully saturated rings. The van der Waals surface area contributed by atoms with Gasteiger partial charge in [0.15, 0.2) is 12.5 Å². The number of hydrogen-bond acceptors (Lipinski definition) is 5. The predicted octanol–water partition coefficient (Wildman–Crippen LogP) is 7.42. The monoisotopic (exact) mass is 559 g/mol. The molecule has 0 saturated carbocycles. The maximum absolute atomic E-state index is 15.6. The highest BCUT2D eigenvalue weighted by atomic mass is 19.1. The molecule has 2 saturated heterocycles. The highest BCUT2D eigenvalue weighted by molar-refractivity contribution is 5.94. The Balaban J connectivity index is 1.34. The van der Waals surface area contributed by atoms with Gasteiger partial charge in [-0.15, -0.1) is 5.10 Å². The van der Waals surface area contributed by atoms with Crippen LogP contribution in [0.2, 0.25) is 0 Å². The molecule has 0 bridgehead atoms. The minimum atomic E-state index is -0.396. The Hall–Kier alpha value is -3.00. The topological polar surface area (TPSA) is 48.8 Å². The molecule has 0 N–H and O–H groups in total. The van der Waals surface area contributed by atoms with Crippen molar-refractivity contribution in [2.45, 2.75) is 70.8 Å². The number of benzene rings is 2. The van der Waals surface area contributed by atoms with Gasteiger partial charge in [-0.1, -0.05) is 30.4 Å². The fraction of sp³-hybridized carbons (Fsp3) is 0.500. The normalized spacial score (nSPS) is 20.5. The van der Waals surface area contributed by atoms with E-state index in [0.29, 0.717) is 17.9 Å². The molecule has 3 heterocycles. The first-order valence-electron chi connectivity index (χ1n) is 15.1. The second kappa shape index (κ2) is 12.1. The van der Waals surface area contributed by atoms with Crippen molar-refractivity contribution in [3.8, 4) is 0 Å². The molecule has 2 aromatic carbocycles. The van der Waals surface area contributed by atoms with Crippen molar-refractivity contribution >= 4 is 22.2 Å². The molecule has 6 nitrogen and oxygen atoms in total. The molecule has 1 atom stereocenters. The zero-order valence-electron chi connectivity index (χ0n) is 24.6. The van der Waals surface area contributed by atoms with Crippen LogP contribution >= 0.6 is 0 Å². The molecule has 7 heteroatoms. The van der Waals surface area contributed by atoms with E-state index in [4.69, 9.17) is 14.2 Å². The molecule has 1 aliphatic carbocycles. The van der Waals surface area contributed by atoms with Gasteiger partial charge in [0.1, 0.15) is 0 Å². The summed E-state index contributed by atoms with van der Waals surface area (Å²) < 4.78 is 34.4. The Morgan fingerprint density at radius 2 is 1.76 bits per heavy atom. The van der Waals surface area contributed by atoms with Gasteiger partial charge >= 0.3 is 0 Å². The quantitative estimate of drug-likeness (QED) is 0.282. The third-order valence-corrected chi connectivity index (χ3v) is 9.22. The standard InChI is InChI=1S/C34H42FN3O3/c1-22(2)26-8-7-9-27-28(15-16-29-32(27)33(35)36-38(29)30-10-5-6-21-41-30)31(26)23-11-13-25(14-12-23)37-19-17-24(18-20-37)34(39-3)40-4/h11-16,24,30,34H,1,5-10,17-21H2,2-4H3. The lowest BCUT2D eigenvalue weighted by Gasteiger charge is -2.36. The van der Waals surface area contributed by atoms with Gasteiger partial charge in [-0.05, 0) is 104 Å². The maximum Gasteiger partial charge on any atom is 0.240 e. The summed E-state index contributed by atoms with van der Waals surface area (Å²) in [5, 5.41) is 5.01. The Morgan fingerprint density at radius 3 is 2.41 bits per heavy atom. The van der Waals surface area contributed by atoms with Gasteiger partial charge in [-0.3, -0.25) is 0 Å². The molecular weight excluding hydrogens is 517 g/mol. The Bertz CT molecular complexity index is 1430. The summed E-state index contributed by atoms with van der Waals surface area (Å²) in [5.41, 5.74) is 8.82. The molecule has 3 aromatic rings. The van der Waals surface area contributed by atoms with Gasteiger partial charge in [-0.25, -0.2) is 4.68 Å². The van der Waals surface area contributed by atoms with Crippen molar-refractivity contribution in [3.05, 3.63) is 76.8 Å². The number of allylic oxidation sites excluding steroid dienone is 2. The van der Waals surface area contributed by atoms with E-state index in [0.717, 1.165) is 92.2 Å². The van der Waals surface area contributed by atoms with Gasteiger partial charge in [-0.2, -0.15) is 4.39 Å². The van der Waals surface area contributed by atoms with Crippen LogP contribution in [-0.4, -0.2) is 50.0 Å². The van der Waals surface area contributed by atoms with E-state index in [-0.39, 0.29) is 12.5 Å². The molecule has 41 heavy (non-hydrogen) atoms. The molecule has 218 valence electrons. The van der Waals surface area contributed by atoms with Crippen LogP contribution in [0.15, 0.2) is 54.1 Å². The number of methoxy groups -OCH3 is 2. The first-order valence-corrected chi connectivity index (χ1v) is 15.1. The summed E-state index contributed by atoms with van der Waals surface area (Å²) in [7, 11) is 3.44. The van der Waals surface area contributed by atoms with Gasteiger partial charge in [0.05, 0.1) is 10.9 Å². The Labute approximate surface area is 242 Å². The average Bonchev–Trinajstić information content (AvgIpc) is 3.22. The van der Waals surface area contributed by atoms with Crippen molar-refractivity contribution in [3.63, 3.8) is 0 Å². The summed E-state index contributed by atoms with van der Waals surface area (Å²) in [5.74, 6) is 0.0182. The van der Waals surface area contributed by atoms with E-state index < -0.39 is 5.95 Å². The zero-order valence-corrected chi connectivity index (χ0v) is 24.6. The molecule has 3 aliphatic rings. The number of anilines is 1. The third kappa shape index (κ3) is 5.36. The minimum Gasteiger partial charge on any atom is -0.372 e. The Morgan fingerprint density at radius 1 is 1.00 bits per heavy atom. The second-order valence-electron chi connectivity index (χ2n) is 11.7. The van der Waals surface area contributed by atoms with E-state index in [1.807, 2.05) is 6.07 Å². The number of fused-ring (bicyclic) bond motifs is 3. The van der Waals surface area contributed by atoms with Crippen molar-refractivity contribution in [2.75, 3.05) is 38.8 Å². The summed E-state index contributed by atoms with van der Waals surface area (Å²) in [6.07, 6.45) is 7.37. The first kappa shape index (κ1) is 28.1. The van der Waals surface area contributed by atoms with Crippen LogP contribution in [0.1, 0.15) is 74.8 Å². The smallest absolute Gasteiger partial charge is 0.240 e. The van der Waals surface area contributed by atoms with E-state index in [2.05, 4.69) is 53.8 Å². The number of piperidine rings is 1. The molecule has 2 aliphatic heterocycles. The van der Waals surface area contributed by atoms with Crippen molar-refractivity contribution in [2.24, 2.45) is 5.92 Å². The zero-order chi connectivity index (χ0) is 28.5. The Kier molecular flexibility index (Phi) is 8.29. The summed E-state index contributed by atoms with van der Waals surface area (Å²) in [4.78, 5) is 2.44.